The van der Waals surface area contributed by atoms with Crippen molar-refractivity contribution in [3.63, 3.8) is 0 Å². The molecule has 0 unspecified atom stereocenters. The molecule has 0 nitrogen and oxygen atoms in total. The molecule has 0 atom stereocenters. The van der Waals surface area contributed by atoms with E-state index in [-0.39, 0.29) is 0 Å². The first kappa shape index (κ1) is 37.1. The number of hydrogen-bond donors (Lipinski definition) is 0. The van der Waals surface area contributed by atoms with Crippen molar-refractivity contribution in [2.24, 2.45) is 0 Å². The van der Waals surface area contributed by atoms with Crippen LogP contribution >= 0.6 is 66.5 Å². The minimum atomic E-state index is -8.57. The number of hydrogen-bond acceptors (Lipinski definition) is 0. The van der Waals surface area contributed by atoms with Gasteiger partial charge in [0.15, 0.2) is 5.67 Å². The van der Waals surface area contributed by atoms with Crippen LogP contribution in [0.25, 0.3) is 0 Å². The third-order valence-electron chi connectivity index (χ3n) is 4.50. The molecule has 0 aliphatic carbocycles. The van der Waals surface area contributed by atoms with Gasteiger partial charge in [-0.15, -0.1) is 66.5 Å². The van der Waals surface area contributed by atoms with Gasteiger partial charge in [-0.1, -0.05) is 0 Å². The Labute approximate surface area is 220 Å². The largest absolute Gasteiger partial charge is 0.460 e. The van der Waals surface area contributed by atoms with Gasteiger partial charge in [-0.05, 0) is 24.9 Å². The lowest BCUT2D eigenvalue weighted by Crippen LogP contribution is -2.74. The molecule has 0 saturated carbocycles. The summed E-state index contributed by atoms with van der Waals surface area (Å²) in [5.41, 5.74) is -5.23. The predicted octanol–water partition coefficient (Wildman–Crippen LogP) is 10.2. The van der Waals surface area contributed by atoms with Gasteiger partial charge in [0.1, 0.15) is 0 Å². The third-order valence-corrected chi connectivity index (χ3v) is 9.54. The molecular weight excluding hydrogens is 717 g/mol. The first-order chi connectivity index (χ1) is 15.2. The summed E-state index contributed by atoms with van der Waals surface area (Å²) < 4.78 is 216. The quantitative estimate of drug-likeness (QED) is 0.107. The van der Waals surface area contributed by atoms with Crippen molar-refractivity contribution < 1.29 is 70.2 Å². The average molecular weight is 725 g/mol. The summed E-state index contributed by atoms with van der Waals surface area (Å²) in [6.07, 6.45) is -12.1. The van der Waals surface area contributed by atoms with E-state index >= 15 is 4.39 Å². The van der Waals surface area contributed by atoms with Crippen LogP contribution in [-0.2, 0) is 0 Å². The molecule has 0 aromatic rings. The summed E-state index contributed by atoms with van der Waals surface area (Å²) in [5.74, 6) is -49.0. The van der Waals surface area contributed by atoms with Crippen LogP contribution in [0.2, 0.25) is 12.1 Å². The Hall–Kier alpha value is 1.05. The molecule has 0 saturated heterocycles. The second-order valence-corrected chi connectivity index (χ2v) is 25.7. The topological polar surface area (TPSA) is 0 Å². The van der Waals surface area contributed by atoms with Crippen LogP contribution in [0.5, 0.6) is 0 Å². The maximum atomic E-state index is 15.1. The Morgan fingerprint density at radius 2 is 0.583 bits per heavy atom. The normalized spacial score (nSPS) is 16.5. The molecule has 36 heavy (non-hydrogen) atoms. The fourth-order valence-corrected chi connectivity index (χ4v) is 5.43. The first-order valence-electron chi connectivity index (χ1n) is 8.32. The molecule has 0 rings (SSSR count). The Kier molecular flexibility index (Phi) is 10.8. The number of alkyl halides is 16. The molecule has 0 fully saturated rings. The molecule has 0 amide bonds. The van der Waals surface area contributed by atoms with Crippen LogP contribution in [-0.4, -0.2) is 59.4 Å². The van der Waals surface area contributed by atoms with E-state index in [2.05, 4.69) is 0 Å². The first-order valence-corrected chi connectivity index (χ1v) is 18.8. The lowest BCUT2D eigenvalue weighted by atomic mass is 9.82. The van der Waals surface area contributed by atoms with Gasteiger partial charge in [-0.25, -0.2) is 4.39 Å². The average Bonchev–Trinajstić information content (AvgIpc) is 2.61. The summed E-state index contributed by atoms with van der Waals surface area (Å²) in [7, 11) is 0. The van der Waals surface area contributed by atoms with Crippen molar-refractivity contribution in [1.29, 1.82) is 0 Å². The van der Waals surface area contributed by atoms with Crippen molar-refractivity contribution in [2.75, 3.05) is 0 Å². The van der Waals surface area contributed by atoms with E-state index in [0.29, 0.717) is 0 Å². The predicted molar refractivity (Wildman–Crippen MR) is 105 cm³/mol. The summed E-state index contributed by atoms with van der Waals surface area (Å²) in [6, 6.07) is -11.5. The molecule has 0 aromatic heterocycles. The van der Waals surface area contributed by atoms with E-state index < -0.39 is 84.3 Å². The Balaban J connectivity index is 6.93. The highest BCUT2D eigenvalue weighted by Crippen LogP contribution is 2.64. The molecule has 0 radical (unpaired) electrons. The van der Waals surface area contributed by atoms with E-state index in [1.165, 1.54) is 0 Å². The number of halogens is 22. The van der Waals surface area contributed by atoms with E-state index in [0.717, 1.165) is 0 Å². The van der Waals surface area contributed by atoms with Crippen LogP contribution in [0, 0.1) is 0 Å². The van der Waals surface area contributed by atoms with Crippen LogP contribution in [0.4, 0.5) is 70.2 Å². The molecule has 218 valence electrons. The van der Waals surface area contributed by atoms with Gasteiger partial charge in [0.05, 0.1) is 0 Å². The zero-order valence-corrected chi connectivity index (χ0v) is 22.7. The van der Waals surface area contributed by atoms with Crippen molar-refractivity contribution in [2.45, 2.75) is 72.3 Å². The van der Waals surface area contributed by atoms with Crippen LogP contribution in [0.3, 0.4) is 0 Å². The maximum absolute atomic E-state index is 15.1. The highest BCUT2D eigenvalue weighted by molar-refractivity contribution is 7.65. The van der Waals surface area contributed by atoms with Gasteiger partial charge in [-0.3, -0.25) is 0 Å². The highest BCUT2D eigenvalue weighted by Gasteiger charge is 2.94. The lowest BCUT2D eigenvalue weighted by Gasteiger charge is -2.45. The fraction of sp³-hybridized carbons (Fsp3) is 1.00. The Bertz CT molecular complexity index is 757. The van der Waals surface area contributed by atoms with Gasteiger partial charge >= 0.3 is 53.7 Å². The van der Waals surface area contributed by atoms with E-state index in [1.807, 2.05) is 0 Å². The Morgan fingerprint density at radius 1 is 0.361 bits per heavy atom. The smallest absolute Gasteiger partial charge is 0.237 e. The van der Waals surface area contributed by atoms with Crippen molar-refractivity contribution in [3.05, 3.63) is 0 Å². The Morgan fingerprint density at radius 3 is 0.806 bits per heavy atom. The zero-order chi connectivity index (χ0) is 29.8. The molecule has 0 aliphatic heterocycles. The number of rotatable bonds is 12. The van der Waals surface area contributed by atoms with Gasteiger partial charge in [0.2, 0.25) is 0 Å². The molecule has 0 spiro atoms. The summed E-state index contributed by atoms with van der Waals surface area (Å²) in [4.78, 5) is 0. The monoisotopic (exact) mass is 722 g/mol. The van der Waals surface area contributed by atoms with Crippen LogP contribution in [0.15, 0.2) is 0 Å². The van der Waals surface area contributed by atoms with Crippen LogP contribution < -0.4 is 0 Å². The fourth-order valence-electron chi connectivity index (χ4n) is 2.37. The molecule has 24 heteroatoms. The molecule has 0 bridgehead atoms. The zero-order valence-electron chi connectivity index (χ0n) is 16.1. The second-order valence-electron chi connectivity index (χ2n) is 7.14. The van der Waals surface area contributed by atoms with Gasteiger partial charge < -0.3 is 0 Å². The van der Waals surface area contributed by atoms with Gasteiger partial charge in [-0.2, -0.15) is 65.9 Å². The summed E-state index contributed by atoms with van der Waals surface area (Å²) >= 11 is 31.5. The van der Waals surface area contributed by atoms with Crippen molar-refractivity contribution in [1.82, 2.24) is 0 Å². The molecular formula is C12H8Cl6F16Si2. The standard InChI is InChI=1S/C12H8Cl6F16Si2/c13-35(14,15)3-1-5(19,2-4-36(16,17)18)6(20,21)7(22,23)8(24,25)9(26,27)10(28,29)11(30,31)12(32,33)34/h1-4H2. The molecule has 0 heterocycles. The van der Waals surface area contributed by atoms with E-state index in [9.17, 15) is 65.9 Å². The van der Waals surface area contributed by atoms with Crippen LogP contribution in [0.1, 0.15) is 12.8 Å². The van der Waals surface area contributed by atoms with Crippen molar-refractivity contribution in [3.8, 4) is 0 Å². The SMILES string of the molecule is FC(F)(F)C(F)(F)C(F)(F)C(F)(F)C(F)(F)C(F)(F)C(F)(F)C(F)(CC[Si](Cl)(Cl)Cl)CC[Si](Cl)(Cl)Cl. The highest BCUT2D eigenvalue weighted by atomic mass is 35.8. The minimum absolute atomic E-state index is 1.44. The van der Waals surface area contributed by atoms with Gasteiger partial charge in [0, 0.05) is 0 Å². The second kappa shape index (κ2) is 10.5. The molecule has 0 aromatic carbocycles. The van der Waals surface area contributed by atoms with Gasteiger partial charge in [0.25, 0.3) is 0 Å². The lowest BCUT2D eigenvalue weighted by molar-refractivity contribution is -0.457. The minimum Gasteiger partial charge on any atom is -0.237 e. The maximum Gasteiger partial charge on any atom is 0.460 e. The molecule has 0 N–H and O–H groups in total. The molecule has 0 aliphatic rings. The summed E-state index contributed by atoms with van der Waals surface area (Å²) in [6.45, 7) is 0. The third kappa shape index (κ3) is 6.67. The van der Waals surface area contributed by atoms with E-state index in [1.54, 1.807) is 0 Å². The van der Waals surface area contributed by atoms with E-state index in [4.69, 9.17) is 66.5 Å². The summed E-state index contributed by atoms with van der Waals surface area (Å²) in [5, 5.41) is 0. The van der Waals surface area contributed by atoms with Crippen molar-refractivity contribution >= 4 is 78.5 Å².